The minimum atomic E-state index is 0.501. The van der Waals surface area contributed by atoms with Gasteiger partial charge in [-0.1, -0.05) is 41.9 Å². The molecule has 0 atom stereocenters. The van der Waals surface area contributed by atoms with Gasteiger partial charge in [0.25, 0.3) is 0 Å². The average Bonchev–Trinajstić information content (AvgIpc) is 3.04. The molecule has 110 valence electrons. The third-order valence-corrected chi connectivity index (χ3v) is 5.23. The number of halogens is 2. The monoisotopic (exact) mass is 358 g/mol. The van der Waals surface area contributed by atoms with Crippen LogP contribution in [0.2, 0.25) is 10.0 Å². The van der Waals surface area contributed by atoms with Crippen molar-refractivity contribution in [3.05, 3.63) is 38.4 Å². The Morgan fingerprint density at radius 1 is 1.33 bits per heavy atom. The molecule has 0 aliphatic heterocycles. The van der Waals surface area contributed by atoms with E-state index in [0.717, 1.165) is 29.4 Å². The Bertz CT molecular complexity index is 769. The molecule has 3 heterocycles. The minimum absolute atomic E-state index is 0.501. The molecule has 0 N–H and O–H groups in total. The zero-order valence-electron chi connectivity index (χ0n) is 11.2. The summed E-state index contributed by atoms with van der Waals surface area (Å²) in [4.78, 5) is 4.60. The molecule has 0 amide bonds. The van der Waals surface area contributed by atoms with Gasteiger partial charge in [0.15, 0.2) is 10.8 Å². The van der Waals surface area contributed by atoms with Gasteiger partial charge in [-0.2, -0.15) is 0 Å². The van der Waals surface area contributed by atoms with Gasteiger partial charge in [-0.3, -0.25) is 4.40 Å². The van der Waals surface area contributed by atoms with E-state index < -0.39 is 0 Å². The molecule has 0 aromatic carbocycles. The van der Waals surface area contributed by atoms with Crippen LogP contribution >= 0.6 is 46.3 Å². The van der Waals surface area contributed by atoms with Gasteiger partial charge >= 0.3 is 0 Å². The molecule has 4 nitrogen and oxygen atoms in total. The number of nitrogens with zero attached hydrogens (tertiary/aromatic N) is 4. The van der Waals surface area contributed by atoms with E-state index in [2.05, 4.69) is 27.5 Å². The van der Waals surface area contributed by atoms with Crippen LogP contribution in [-0.2, 0) is 12.2 Å². The van der Waals surface area contributed by atoms with E-state index in [9.17, 15) is 0 Å². The number of aromatic nitrogens is 4. The fraction of sp³-hybridized carbons (Fsp3) is 0.308. The first-order valence-electron chi connectivity index (χ1n) is 6.43. The summed E-state index contributed by atoms with van der Waals surface area (Å²) in [5.41, 5.74) is 1.69. The standard InChI is InChI=1S/C13H12Cl2N4S2/c1-2-3-11-16-9(6-20-11)7-21-13-18-17-12-10(15)4-8(14)5-19(12)13/h4-6H,2-3,7H2,1H3. The SMILES string of the molecule is CCCc1nc(CSc2nnc3c(Cl)cc(Cl)cn23)cs1. The Hall–Kier alpha value is -0.820. The summed E-state index contributed by atoms with van der Waals surface area (Å²) in [6.07, 6.45) is 3.93. The molecule has 21 heavy (non-hydrogen) atoms. The summed E-state index contributed by atoms with van der Waals surface area (Å²) in [7, 11) is 0. The van der Waals surface area contributed by atoms with E-state index in [1.807, 2.05) is 4.40 Å². The van der Waals surface area contributed by atoms with E-state index in [1.165, 1.54) is 5.01 Å². The summed E-state index contributed by atoms with van der Waals surface area (Å²) in [6.45, 7) is 2.16. The van der Waals surface area contributed by atoms with Crippen LogP contribution in [0.25, 0.3) is 5.65 Å². The number of thioether (sulfide) groups is 1. The Morgan fingerprint density at radius 2 is 2.19 bits per heavy atom. The first-order valence-corrected chi connectivity index (χ1v) is 9.05. The summed E-state index contributed by atoms with van der Waals surface area (Å²) < 4.78 is 1.81. The second kappa shape index (κ2) is 6.52. The van der Waals surface area contributed by atoms with Crippen LogP contribution in [0.4, 0.5) is 0 Å². The van der Waals surface area contributed by atoms with Gasteiger partial charge in [0.1, 0.15) is 0 Å². The van der Waals surface area contributed by atoms with Crippen molar-refractivity contribution in [3.8, 4) is 0 Å². The zero-order chi connectivity index (χ0) is 14.8. The third kappa shape index (κ3) is 3.34. The van der Waals surface area contributed by atoms with Crippen molar-refractivity contribution in [2.45, 2.75) is 30.7 Å². The van der Waals surface area contributed by atoms with Crippen molar-refractivity contribution in [2.75, 3.05) is 0 Å². The molecule has 0 fully saturated rings. The normalized spacial score (nSPS) is 11.4. The lowest BCUT2D eigenvalue weighted by atomic mass is 10.3. The number of pyridine rings is 1. The average molecular weight is 359 g/mol. The first kappa shape index (κ1) is 15.1. The molecule has 3 aromatic heterocycles. The highest BCUT2D eigenvalue weighted by Crippen LogP contribution is 2.27. The van der Waals surface area contributed by atoms with Gasteiger partial charge in [-0.05, 0) is 18.9 Å². The predicted octanol–water partition coefficient (Wildman–Crippen LogP) is 4.74. The van der Waals surface area contributed by atoms with Crippen LogP contribution in [0.15, 0.2) is 22.8 Å². The lowest BCUT2D eigenvalue weighted by Crippen LogP contribution is -1.90. The van der Waals surface area contributed by atoms with E-state index in [0.29, 0.717) is 15.7 Å². The Labute approximate surface area is 140 Å². The number of fused-ring (bicyclic) bond motifs is 1. The summed E-state index contributed by atoms with van der Waals surface area (Å²) in [6, 6.07) is 1.67. The van der Waals surface area contributed by atoms with Crippen molar-refractivity contribution in [1.82, 2.24) is 19.6 Å². The molecule has 0 bridgehead atoms. The van der Waals surface area contributed by atoms with Gasteiger partial charge in [0.2, 0.25) is 0 Å². The molecule has 0 saturated carbocycles. The highest BCUT2D eigenvalue weighted by atomic mass is 35.5. The molecule has 0 aliphatic rings. The molecule has 0 saturated heterocycles. The summed E-state index contributed by atoms with van der Waals surface area (Å²) in [5, 5.41) is 13.4. The van der Waals surface area contributed by atoms with Crippen LogP contribution in [-0.4, -0.2) is 19.6 Å². The van der Waals surface area contributed by atoms with Gasteiger partial charge in [0.05, 0.1) is 20.7 Å². The van der Waals surface area contributed by atoms with Crippen LogP contribution < -0.4 is 0 Å². The minimum Gasteiger partial charge on any atom is -0.275 e. The van der Waals surface area contributed by atoms with Crippen molar-refractivity contribution in [2.24, 2.45) is 0 Å². The number of thiazole rings is 1. The number of hydrogen-bond donors (Lipinski definition) is 0. The van der Waals surface area contributed by atoms with Gasteiger partial charge in [0, 0.05) is 17.3 Å². The molecule has 3 rings (SSSR count). The summed E-state index contributed by atoms with van der Waals surface area (Å²) >= 11 is 15.4. The quantitative estimate of drug-likeness (QED) is 0.618. The molecule has 3 aromatic rings. The van der Waals surface area contributed by atoms with Gasteiger partial charge in [-0.25, -0.2) is 4.98 Å². The highest BCUT2D eigenvalue weighted by molar-refractivity contribution is 7.98. The number of aryl methyl sites for hydroxylation is 1. The number of hydrogen-bond acceptors (Lipinski definition) is 5. The van der Waals surface area contributed by atoms with E-state index in [4.69, 9.17) is 23.2 Å². The third-order valence-electron chi connectivity index (χ3n) is 2.81. The van der Waals surface area contributed by atoms with Crippen molar-refractivity contribution in [3.63, 3.8) is 0 Å². The molecule has 0 aliphatic carbocycles. The first-order chi connectivity index (χ1) is 10.2. The maximum atomic E-state index is 6.10. The van der Waals surface area contributed by atoms with Crippen LogP contribution in [0.3, 0.4) is 0 Å². The lowest BCUT2D eigenvalue weighted by Gasteiger charge is -2.00. The Balaban J connectivity index is 1.78. The van der Waals surface area contributed by atoms with Crippen LogP contribution in [0, 0.1) is 0 Å². The smallest absolute Gasteiger partial charge is 0.196 e. The number of rotatable bonds is 5. The Morgan fingerprint density at radius 3 is 3.00 bits per heavy atom. The topological polar surface area (TPSA) is 43.1 Å². The zero-order valence-corrected chi connectivity index (χ0v) is 14.4. The lowest BCUT2D eigenvalue weighted by molar-refractivity contribution is 0.899. The van der Waals surface area contributed by atoms with Crippen molar-refractivity contribution < 1.29 is 0 Å². The molecule has 0 spiro atoms. The highest BCUT2D eigenvalue weighted by Gasteiger charge is 2.11. The molecule has 0 radical (unpaired) electrons. The second-order valence-electron chi connectivity index (χ2n) is 4.45. The second-order valence-corrected chi connectivity index (χ2v) is 7.18. The maximum Gasteiger partial charge on any atom is 0.196 e. The Kier molecular flexibility index (Phi) is 4.69. The fourth-order valence-electron chi connectivity index (χ4n) is 1.88. The van der Waals surface area contributed by atoms with Crippen LogP contribution in [0.5, 0.6) is 0 Å². The van der Waals surface area contributed by atoms with Crippen molar-refractivity contribution in [1.29, 1.82) is 0 Å². The van der Waals surface area contributed by atoms with Gasteiger partial charge in [-0.15, -0.1) is 21.5 Å². The fourth-order valence-corrected chi connectivity index (χ4v) is 4.20. The molecule has 0 unspecified atom stereocenters. The largest absolute Gasteiger partial charge is 0.275 e. The van der Waals surface area contributed by atoms with Crippen molar-refractivity contribution >= 4 is 51.9 Å². The molecular weight excluding hydrogens is 347 g/mol. The van der Waals surface area contributed by atoms with Crippen LogP contribution in [0.1, 0.15) is 24.0 Å². The predicted molar refractivity (Wildman–Crippen MR) is 88.7 cm³/mol. The van der Waals surface area contributed by atoms with Gasteiger partial charge < -0.3 is 0 Å². The molecular formula is C13H12Cl2N4S2. The van der Waals surface area contributed by atoms with E-state index in [1.54, 1.807) is 35.4 Å². The molecule has 8 heteroatoms. The summed E-state index contributed by atoms with van der Waals surface area (Å²) in [5.74, 6) is 0.755. The van der Waals surface area contributed by atoms with E-state index in [-0.39, 0.29) is 0 Å². The maximum absolute atomic E-state index is 6.10. The van der Waals surface area contributed by atoms with E-state index >= 15 is 0 Å².